The van der Waals surface area contributed by atoms with Crippen LogP contribution in [-0.4, -0.2) is 5.78 Å². The van der Waals surface area contributed by atoms with Gasteiger partial charge < -0.3 is 0 Å². The molecule has 1 nitrogen and oxygen atoms in total. The van der Waals surface area contributed by atoms with E-state index >= 15 is 0 Å². The van der Waals surface area contributed by atoms with E-state index in [0.717, 1.165) is 25.7 Å². The fraction of sp³-hybridized carbons (Fsp3) is 0.727. The number of rotatable bonds is 1. The predicted molar refractivity (Wildman–Crippen MR) is 48.8 cm³/mol. The van der Waals surface area contributed by atoms with Gasteiger partial charge in [0, 0.05) is 11.8 Å². The maximum atomic E-state index is 11.6. The first-order valence-electron chi connectivity index (χ1n) is 4.96. The van der Waals surface area contributed by atoms with Gasteiger partial charge in [0.2, 0.25) is 0 Å². The molecule has 2 fully saturated rings. The van der Waals surface area contributed by atoms with Crippen molar-refractivity contribution in [2.45, 2.75) is 39.0 Å². The van der Waals surface area contributed by atoms with Crippen molar-refractivity contribution in [2.24, 2.45) is 11.3 Å². The Bertz CT molecular complexity index is 229. The fourth-order valence-electron chi connectivity index (χ4n) is 2.54. The van der Waals surface area contributed by atoms with Crippen LogP contribution < -0.4 is 0 Å². The van der Waals surface area contributed by atoms with E-state index in [1.54, 1.807) is 0 Å². The van der Waals surface area contributed by atoms with Crippen LogP contribution in [0.3, 0.4) is 0 Å². The average Bonchev–Trinajstić information content (AvgIpc) is 2.73. The molecule has 2 aliphatic rings. The van der Waals surface area contributed by atoms with Gasteiger partial charge in [-0.25, -0.2) is 0 Å². The van der Waals surface area contributed by atoms with Crippen molar-refractivity contribution in [1.82, 2.24) is 0 Å². The summed E-state index contributed by atoms with van der Waals surface area (Å²) in [5, 5.41) is 0. The molecule has 0 amide bonds. The minimum absolute atomic E-state index is 0.130. The Morgan fingerprint density at radius 2 is 2.33 bits per heavy atom. The van der Waals surface area contributed by atoms with Crippen LogP contribution in [0.1, 0.15) is 39.0 Å². The standard InChI is InChI=1S/C11H16O/c1-2-5-9-8-11(9)7-4-3-6-10(11)12/h2,5,9H,3-4,6-8H2,1H3/b5-2+. The Balaban J connectivity index is 2.08. The highest BCUT2D eigenvalue weighted by Gasteiger charge is 2.57. The Kier molecular flexibility index (Phi) is 1.82. The maximum Gasteiger partial charge on any atom is 0.139 e. The first kappa shape index (κ1) is 8.03. The lowest BCUT2D eigenvalue weighted by atomic mass is 9.83. The SMILES string of the molecule is C/C=C/C1CC12CCCCC2=O. The molecular formula is C11H16O. The van der Waals surface area contributed by atoms with Crippen LogP contribution in [0.2, 0.25) is 0 Å². The van der Waals surface area contributed by atoms with Gasteiger partial charge >= 0.3 is 0 Å². The monoisotopic (exact) mass is 164 g/mol. The molecule has 0 N–H and O–H groups in total. The van der Waals surface area contributed by atoms with Crippen molar-refractivity contribution >= 4 is 5.78 Å². The molecule has 12 heavy (non-hydrogen) atoms. The summed E-state index contributed by atoms with van der Waals surface area (Å²) in [7, 11) is 0. The van der Waals surface area contributed by atoms with Crippen molar-refractivity contribution in [2.75, 3.05) is 0 Å². The molecule has 2 unspecified atom stereocenters. The Hall–Kier alpha value is -0.590. The van der Waals surface area contributed by atoms with Crippen molar-refractivity contribution in [3.8, 4) is 0 Å². The first-order valence-corrected chi connectivity index (χ1v) is 4.96. The van der Waals surface area contributed by atoms with Crippen LogP contribution in [0.25, 0.3) is 0 Å². The van der Waals surface area contributed by atoms with Gasteiger partial charge in [0.1, 0.15) is 5.78 Å². The molecule has 2 saturated carbocycles. The second kappa shape index (κ2) is 2.72. The Morgan fingerprint density at radius 3 is 3.00 bits per heavy atom. The van der Waals surface area contributed by atoms with Crippen LogP contribution in [0, 0.1) is 11.3 Å². The minimum atomic E-state index is 0.130. The third kappa shape index (κ3) is 1.03. The van der Waals surface area contributed by atoms with Crippen LogP contribution in [0.15, 0.2) is 12.2 Å². The van der Waals surface area contributed by atoms with E-state index in [1.807, 2.05) is 6.92 Å². The zero-order valence-electron chi connectivity index (χ0n) is 7.68. The summed E-state index contributed by atoms with van der Waals surface area (Å²) in [4.78, 5) is 11.6. The molecule has 0 aromatic carbocycles. The number of hydrogen-bond donors (Lipinski definition) is 0. The van der Waals surface area contributed by atoms with Gasteiger partial charge in [-0.1, -0.05) is 18.6 Å². The smallest absolute Gasteiger partial charge is 0.139 e. The quantitative estimate of drug-likeness (QED) is 0.544. The summed E-state index contributed by atoms with van der Waals surface area (Å²) in [6.45, 7) is 2.04. The molecular weight excluding hydrogens is 148 g/mol. The van der Waals surface area contributed by atoms with Gasteiger partial charge in [-0.2, -0.15) is 0 Å². The summed E-state index contributed by atoms with van der Waals surface area (Å²) < 4.78 is 0. The molecule has 0 radical (unpaired) electrons. The van der Waals surface area contributed by atoms with Crippen LogP contribution in [-0.2, 0) is 4.79 Å². The van der Waals surface area contributed by atoms with Gasteiger partial charge in [0.05, 0.1) is 0 Å². The van der Waals surface area contributed by atoms with E-state index in [-0.39, 0.29) is 5.41 Å². The van der Waals surface area contributed by atoms with E-state index in [4.69, 9.17) is 0 Å². The van der Waals surface area contributed by atoms with Gasteiger partial charge in [-0.15, -0.1) is 0 Å². The number of allylic oxidation sites excluding steroid dienone is 2. The Morgan fingerprint density at radius 1 is 1.50 bits per heavy atom. The number of carbonyl (C=O) groups is 1. The van der Waals surface area contributed by atoms with Crippen LogP contribution in [0.5, 0.6) is 0 Å². The molecule has 0 bridgehead atoms. The lowest BCUT2D eigenvalue weighted by Gasteiger charge is -2.20. The van der Waals surface area contributed by atoms with Crippen LogP contribution in [0.4, 0.5) is 0 Å². The second-order valence-electron chi connectivity index (χ2n) is 4.12. The molecule has 0 aromatic heterocycles. The van der Waals surface area contributed by atoms with E-state index in [1.165, 1.54) is 6.42 Å². The van der Waals surface area contributed by atoms with Gasteiger partial charge in [-0.05, 0) is 32.1 Å². The molecule has 0 heterocycles. The van der Waals surface area contributed by atoms with E-state index in [2.05, 4.69) is 12.2 Å². The molecule has 2 rings (SSSR count). The van der Waals surface area contributed by atoms with E-state index < -0.39 is 0 Å². The molecule has 0 saturated heterocycles. The molecule has 2 aliphatic carbocycles. The van der Waals surface area contributed by atoms with Crippen molar-refractivity contribution < 1.29 is 4.79 Å². The van der Waals surface area contributed by atoms with Crippen LogP contribution >= 0.6 is 0 Å². The lowest BCUT2D eigenvalue weighted by molar-refractivity contribution is -0.126. The summed E-state index contributed by atoms with van der Waals surface area (Å²) in [6, 6.07) is 0. The minimum Gasteiger partial charge on any atom is -0.299 e. The summed E-state index contributed by atoms with van der Waals surface area (Å²) in [5.74, 6) is 1.13. The summed E-state index contributed by atoms with van der Waals surface area (Å²) in [5.41, 5.74) is 0.130. The summed E-state index contributed by atoms with van der Waals surface area (Å²) >= 11 is 0. The zero-order chi connectivity index (χ0) is 8.60. The van der Waals surface area contributed by atoms with Crippen molar-refractivity contribution in [1.29, 1.82) is 0 Å². The van der Waals surface area contributed by atoms with Gasteiger partial charge in [0.15, 0.2) is 0 Å². The normalized spacial score (nSPS) is 41.1. The Labute approximate surface area is 73.8 Å². The summed E-state index contributed by atoms with van der Waals surface area (Å²) in [6.07, 6.45) is 9.82. The van der Waals surface area contributed by atoms with Crippen molar-refractivity contribution in [3.05, 3.63) is 12.2 Å². The second-order valence-corrected chi connectivity index (χ2v) is 4.12. The van der Waals surface area contributed by atoms with Gasteiger partial charge in [-0.3, -0.25) is 4.79 Å². The molecule has 0 aliphatic heterocycles. The molecule has 2 atom stereocenters. The van der Waals surface area contributed by atoms with E-state index in [0.29, 0.717) is 11.7 Å². The largest absolute Gasteiger partial charge is 0.299 e. The first-order chi connectivity index (χ1) is 5.79. The highest BCUT2D eigenvalue weighted by Crippen LogP contribution is 2.59. The highest BCUT2D eigenvalue weighted by atomic mass is 16.1. The topological polar surface area (TPSA) is 17.1 Å². The fourth-order valence-corrected chi connectivity index (χ4v) is 2.54. The molecule has 1 spiro atoms. The molecule has 66 valence electrons. The van der Waals surface area contributed by atoms with Gasteiger partial charge in [0.25, 0.3) is 0 Å². The average molecular weight is 164 g/mol. The third-order valence-electron chi connectivity index (χ3n) is 3.39. The third-order valence-corrected chi connectivity index (χ3v) is 3.39. The zero-order valence-corrected chi connectivity index (χ0v) is 7.68. The van der Waals surface area contributed by atoms with Crippen molar-refractivity contribution in [3.63, 3.8) is 0 Å². The lowest BCUT2D eigenvalue weighted by Crippen LogP contribution is -2.21. The highest BCUT2D eigenvalue weighted by molar-refractivity contribution is 5.89. The molecule has 1 heteroatoms. The maximum absolute atomic E-state index is 11.6. The number of ketones is 1. The molecule has 0 aromatic rings. The number of Topliss-reactive ketones (excluding diaryl/α,β-unsaturated/α-hetero) is 1. The number of hydrogen-bond acceptors (Lipinski definition) is 1. The van der Waals surface area contributed by atoms with E-state index in [9.17, 15) is 4.79 Å². The predicted octanol–water partition coefficient (Wildman–Crippen LogP) is 2.71. The number of carbonyl (C=O) groups excluding carboxylic acids is 1.